The second-order valence-corrected chi connectivity index (χ2v) is 7.35. The molecule has 0 amide bonds. The lowest BCUT2D eigenvalue weighted by Crippen LogP contribution is -2.53. The molecule has 2 fully saturated rings. The van der Waals surface area contributed by atoms with E-state index in [0.717, 1.165) is 70.5 Å². The smallest absolute Gasteiger partial charge is 0.194 e. The van der Waals surface area contributed by atoms with Gasteiger partial charge in [-0.15, -0.1) is 24.0 Å². The number of hydrogen-bond donors (Lipinski definition) is 1. The topological polar surface area (TPSA) is 58.6 Å². The molecule has 0 saturated carbocycles. The third-order valence-corrected chi connectivity index (χ3v) is 5.69. The van der Waals surface area contributed by atoms with Gasteiger partial charge in [0.25, 0.3) is 0 Å². The van der Waals surface area contributed by atoms with Crippen molar-refractivity contribution < 1.29 is 14.2 Å². The maximum atomic E-state index is 5.84. The number of hydrogen-bond acceptors (Lipinski definition) is 5. The van der Waals surface area contributed by atoms with Crippen LogP contribution in [0.1, 0.15) is 19.8 Å². The normalized spacial score (nSPS) is 19.5. The van der Waals surface area contributed by atoms with Crippen LogP contribution in [0.2, 0.25) is 0 Å². The molecule has 0 aliphatic carbocycles. The molecule has 8 heteroatoms. The molecule has 0 atom stereocenters. The van der Waals surface area contributed by atoms with Crippen molar-refractivity contribution in [3.05, 3.63) is 24.3 Å². The average molecular weight is 518 g/mol. The van der Waals surface area contributed by atoms with Crippen LogP contribution in [-0.4, -0.2) is 83.2 Å². The van der Waals surface area contributed by atoms with Gasteiger partial charge in [0.2, 0.25) is 0 Å². The fourth-order valence-corrected chi connectivity index (χ4v) is 3.80. The Balaban J connectivity index is 0.00000300. The van der Waals surface area contributed by atoms with Crippen LogP contribution in [0.4, 0.5) is 5.69 Å². The molecule has 29 heavy (non-hydrogen) atoms. The standard InChI is InChI=1S/C21H34N4O3.HI/c1-4-22-20(23-17-21(27-3)8-14-28-15-9-21)25-12-10-24(11-13-25)18-6-5-7-19(16-18)26-2;/h5-7,16H,4,8-15,17H2,1-3H3,(H,22,23);1H. The summed E-state index contributed by atoms with van der Waals surface area (Å²) in [7, 11) is 3.50. The lowest BCUT2D eigenvalue weighted by atomic mass is 9.94. The number of ether oxygens (including phenoxy) is 3. The quantitative estimate of drug-likeness (QED) is 0.355. The highest BCUT2D eigenvalue weighted by Gasteiger charge is 2.33. The van der Waals surface area contributed by atoms with Gasteiger partial charge in [0.15, 0.2) is 5.96 Å². The van der Waals surface area contributed by atoms with Gasteiger partial charge in [-0.2, -0.15) is 0 Å². The summed E-state index contributed by atoms with van der Waals surface area (Å²) in [6, 6.07) is 8.27. The van der Waals surface area contributed by atoms with Gasteiger partial charge in [-0.1, -0.05) is 6.07 Å². The highest BCUT2D eigenvalue weighted by Crippen LogP contribution is 2.25. The second-order valence-electron chi connectivity index (χ2n) is 7.35. The van der Waals surface area contributed by atoms with Gasteiger partial charge >= 0.3 is 0 Å². The van der Waals surface area contributed by atoms with E-state index in [9.17, 15) is 0 Å². The third-order valence-electron chi connectivity index (χ3n) is 5.69. The molecular formula is C21H35IN4O3. The number of halogens is 1. The molecule has 0 spiro atoms. The molecule has 2 saturated heterocycles. The van der Waals surface area contributed by atoms with Gasteiger partial charge < -0.3 is 29.3 Å². The van der Waals surface area contributed by atoms with Crippen molar-refractivity contribution in [2.24, 2.45) is 4.99 Å². The molecule has 2 aliphatic heterocycles. The van der Waals surface area contributed by atoms with E-state index >= 15 is 0 Å². The SMILES string of the molecule is CCNC(=NCC1(OC)CCOCC1)N1CCN(c2cccc(OC)c2)CC1.I. The summed E-state index contributed by atoms with van der Waals surface area (Å²) < 4.78 is 16.7. The van der Waals surface area contributed by atoms with Crippen molar-refractivity contribution in [1.29, 1.82) is 0 Å². The predicted octanol–water partition coefficient (Wildman–Crippen LogP) is 2.60. The summed E-state index contributed by atoms with van der Waals surface area (Å²) in [4.78, 5) is 9.69. The molecule has 2 heterocycles. The van der Waals surface area contributed by atoms with Crippen molar-refractivity contribution in [3.63, 3.8) is 0 Å². The lowest BCUT2D eigenvalue weighted by Gasteiger charge is -2.39. The first-order valence-corrected chi connectivity index (χ1v) is 10.2. The van der Waals surface area contributed by atoms with Gasteiger partial charge in [0.05, 0.1) is 19.3 Å². The highest BCUT2D eigenvalue weighted by atomic mass is 127. The van der Waals surface area contributed by atoms with Crippen LogP contribution in [-0.2, 0) is 9.47 Å². The van der Waals surface area contributed by atoms with Crippen molar-refractivity contribution in [2.75, 3.05) is 71.6 Å². The van der Waals surface area contributed by atoms with Gasteiger partial charge in [-0.3, -0.25) is 4.99 Å². The van der Waals surface area contributed by atoms with E-state index < -0.39 is 0 Å². The van der Waals surface area contributed by atoms with Crippen LogP contribution in [0.5, 0.6) is 5.75 Å². The number of guanidine groups is 1. The number of nitrogens with one attached hydrogen (secondary N) is 1. The number of rotatable bonds is 6. The van der Waals surface area contributed by atoms with Crippen LogP contribution in [0.3, 0.4) is 0 Å². The molecule has 1 aromatic carbocycles. The summed E-state index contributed by atoms with van der Waals surface area (Å²) in [6.07, 6.45) is 1.80. The fourth-order valence-electron chi connectivity index (χ4n) is 3.80. The van der Waals surface area contributed by atoms with E-state index in [4.69, 9.17) is 19.2 Å². The van der Waals surface area contributed by atoms with E-state index in [1.165, 1.54) is 5.69 Å². The van der Waals surface area contributed by atoms with Crippen LogP contribution in [0, 0.1) is 0 Å². The molecule has 2 aliphatic rings. The monoisotopic (exact) mass is 518 g/mol. The van der Waals surface area contributed by atoms with Crippen molar-refractivity contribution in [3.8, 4) is 5.75 Å². The van der Waals surface area contributed by atoms with Gasteiger partial charge in [-0.05, 0) is 19.1 Å². The van der Waals surface area contributed by atoms with Gasteiger partial charge in [0.1, 0.15) is 5.75 Å². The highest BCUT2D eigenvalue weighted by molar-refractivity contribution is 14.0. The van der Waals surface area contributed by atoms with E-state index in [1.54, 1.807) is 14.2 Å². The van der Waals surface area contributed by atoms with Crippen LogP contribution < -0.4 is 15.0 Å². The number of methoxy groups -OCH3 is 2. The molecule has 0 bridgehead atoms. The molecule has 0 radical (unpaired) electrons. The zero-order valence-corrected chi connectivity index (χ0v) is 20.2. The van der Waals surface area contributed by atoms with Gasteiger partial charge in [0, 0.05) is 77.6 Å². The Morgan fingerprint density at radius 1 is 1.17 bits per heavy atom. The first-order chi connectivity index (χ1) is 13.7. The van der Waals surface area contributed by atoms with Crippen molar-refractivity contribution >= 4 is 35.6 Å². The third kappa shape index (κ3) is 6.36. The van der Waals surface area contributed by atoms with Crippen LogP contribution >= 0.6 is 24.0 Å². The molecule has 1 aromatic rings. The maximum absolute atomic E-state index is 5.84. The van der Waals surface area contributed by atoms with E-state index in [0.29, 0.717) is 6.54 Å². The average Bonchev–Trinajstić information content (AvgIpc) is 2.77. The minimum absolute atomic E-state index is 0. The number of piperazine rings is 1. The first kappa shape index (κ1) is 24.0. The van der Waals surface area contributed by atoms with Crippen LogP contribution in [0.25, 0.3) is 0 Å². The van der Waals surface area contributed by atoms with E-state index in [2.05, 4.69) is 34.2 Å². The van der Waals surface area contributed by atoms with E-state index in [1.807, 2.05) is 12.1 Å². The first-order valence-electron chi connectivity index (χ1n) is 10.2. The molecular weight excluding hydrogens is 483 g/mol. The maximum Gasteiger partial charge on any atom is 0.194 e. The Morgan fingerprint density at radius 2 is 1.90 bits per heavy atom. The Morgan fingerprint density at radius 3 is 2.52 bits per heavy atom. The minimum atomic E-state index is -0.193. The summed E-state index contributed by atoms with van der Waals surface area (Å²) in [6.45, 7) is 8.93. The molecule has 0 unspecified atom stereocenters. The lowest BCUT2D eigenvalue weighted by molar-refractivity contribution is -0.0829. The number of aliphatic imine (C=N–C) groups is 1. The largest absolute Gasteiger partial charge is 0.497 e. The van der Waals surface area contributed by atoms with Crippen LogP contribution in [0.15, 0.2) is 29.3 Å². The number of anilines is 1. The minimum Gasteiger partial charge on any atom is -0.497 e. The number of benzene rings is 1. The Kier molecular flexibility index (Phi) is 9.78. The second kappa shape index (κ2) is 11.8. The Labute approximate surface area is 191 Å². The Bertz CT molecular complexity index is 645. The molecule has 1 N–H and O–H groups in total. The fraction of sp³-hybridized carbons (Fsp3) is 0.667. The van der Waals surface area contributed by atoms with Crippen molar-refractivity contribution in [1.82, 2.24) is 10.2 Å². The van der Waals surface area contributed by atoms with Crippen molar-refractivity contribution in [2.45, 2.75) is 25.4 Å². The molecule has 7 nitrogen and oxygen atoms in total. The Hall–Kier alpha value is -1.26. The molecule has 3 rings (SSSR count). The summed E-state index contributed by atoms with van der Waals surface area (Å²) in [5.41, 5.74) is 1.02. The summed E-state index contributed by atoms with van der Waals surface area (Å²) >= 11 is 0. The predicted molar refractivity (Wildman–Crippen MR) is 128 cm³/mol. The summed E-state index contributed by atoms with van der Waals surface area (Å²) in [5.74, 6) is 1.88. The van der Waals surface area contributed by atoms with E-state index in [-0.39, 0.29) is 29.6 Å². The summed E-state index contributed by atoms with van der Waals surface area (Å²) in [5, 5.41) is 3.46. The zero-order valence-electron chi connectivity index (χ0n) is 17.9. The molecule has 0 aromatic heterocycles. The zero-order chi connectivity index (χ0) is 19.8. The number of nitrogens with zero attached hydrogens (tertiary/aromatic N) is 3. The van der Waals surface area contributed by atoms with Gasteiger partial charge in [-0.25, -0.2) is 0 Å². The molecule has 164 valence electrons.